The second kappa shape index (κ2) is 15.5. The Morgan fingerprint density at radius 1 is 0.422 bits per heavy atom. The van der Waals surface area contributed by atoms with Crippen molar-refractivity contribution in [1.82, 2.24) is 19.5 Å². The van der Waals surface area contributed by atoms with Crippen molar-refractivity contribution >= 4 is 86.0 Å². The molecule has 0 aliphatic rings. The molecule has 0 unspecified atom stereocenters. The van der Waals surface area contributed by atoms with Gasteiger partial charge in [0.1, 0.15) is 11.2 Å². The summed E-state index contributed by atoms with van der Waals surface area (Å²) in [5.41, 5.74) is 10.1. The molecule has 0 saturated heterocycles. The van der Waals surface area contributed by atoms with Crippen molar-refractivity contribution in [2.45, 2.75) is 20.3 Å². The van der Waals surface area contributed by atoms with Crippen LogP contribution >= 0.6 is 11.3 Å². The zero-order valence-electron chi connectivity index (χ0n) is 35.3. The molecule has 0 amide bonds. The summed E-state index contributed by atoms with van der Waals surface area (Å²) in [7, 11) is 0. The summed E-state index contributed by atoms with van der Waals surface area (Å²) in [6.45, 7) is 4.25. The zero-order chi connectivity index (χ0) is 42.7. The minimum atomic E-state index is 0.581. The molecule has 0 aliphatic carbocycles. The molecule has 0 bridgehead atoms. The Hall–Kier alpha value is -7.93. The monoisotopic (exact) mass is 840 g/mol. The van der Waals surface area contributed by atoms with Gasteiger partial charge in [0.05, 0.1) is 11.0 Å². The molecule has 0 aliphatic heterocycles. The smallest absolute Gasteiger partial charge is 0.164 e. The minimum absolute atomic E-state index is 0.581. The van der Waals surface area contributed by atoms with Crippen LogP contribution in [0.5, 0.6) is 0 Å². The molecular formula is C58H40N4OS. The van der Waals surface area contributed by atoms with E-state index in [0.717, 1.165) is 49.8 Å². The standard InChI is InChI=1S/C55H32N4OS.C3H8/c1-2-14-34(15-3-1)53-56-54(58-55(57-53)36-28-29-40-39-19-6-8-24-46(39)60-47(40)32-36)35-16-10-17-37(31-35)59-51-38-18-5-4-13-33(38)27-30-44(51)43-23-11-22-42(52(43)59)41-21-12-26-49-50(41)45-20-7-9-25-48(45)61-49;1-3-2/h1-32H;3H2,1-2H3. The van der Waals surface area contributed by atoms with Crippen molar-refractivity contribution in [2.75, 3.05) is 0 Å². The highest BCUT2D eigenvalue weighted by atomic mass is 32.1. The van der Waals surface area contributed by atoms with E-state index < -0.39 is 0 Å². The predicted molar refractivity (Wildman–Crippen MR) is 270 cm³/mol. The maximum absolute atomic E-state index is 6.31. The molecule has 6 heteroatoms. The Morgan fingerprint density at radius 2 is 1.00 bits per heavy atom. The third-order valence-electron chi connectivity index (χ3n) is 12.0. The summed E-state index contributed by atoms with van der Waals surface area (Å²) in [4.78, 5) is 15.4. The Labute approximate surface area is 373 Å². The molecule has 0 spiro atoms. The maximum atomic E-state index is 6.31. The molecule has 0 atom stereocenters. The normalized spacial score (nSPS) is 11.7. The van der Waals surface area contributed by atoms with Crippen LogP contribution in [-0.2, 0) is 0 Å². The van der Waals surface area contributed by atoms with E-state index in [1.807, 2.05) is 65.9 Å². The van der Waals surface area contributed by atoms with Crippen LogP contribution in [0.1, 0.15) is 20.3 Å². The first kappa shape index (κ1) is 37.8. The van der Waals surface area contributed by atoms with Crippen LogP contribution in [0, 0.1) is 0 Å². The van der Waals surface area contributed by atoms with Crippen LogP contribution in [0.25, 0.3) is 126 Å². The zero-order valence-corrected chi connectivity index (χ0v) is 36.1. The van der Waals surface area contributed by atoms with E-state index >= 15 is 0 Å². The quantitative estimate of drug-likeness (QED) is 0.173. The van der Waals surface area contributed by atoms with Crippen molar-refractivity contribution in [3.05, 3.63) is 194 Å². The van der Waals surface area contributed by atoms with Crippen LogP contribution in [0.4, 0.5) is 0 Å². The molecule has 5 nitrogen and oxygen atoms in total. The Balaban J connectivity index is 0.00000141. The summed E-state index contributed by atoms with van der Waals surface area (Å²) < 4.78 is 11.4. The van der Waals surface area contributed by atoms with E-state index in [1.165, 1.54) is 64.8 Å². The van der Waals surface area contributed by atoms with Gasteiger partial charge in [-0.25, -0.2) is 15.0 Å². The molecule has 304 valence electrons. The van der Waals surface area contributed by atoms with Gasteiger partial charge in [0.25, 0.3) is 0 Å². The molecule has 0 N–H and O–H groups in total. The van der Waals surface area contributed by atoms with Gasteiger partial charge in [-0.05, 0) is 53.4 Å². The number of aromatic nitrogens is 4. The molecular weight excluding hydrogens is 801 g/mol. The second-order valence-corrected chi connectivity index (χ2v) is 17.3. The molecule has 0 saturated carbocycles. The highest BCUT2D eigenvalue weighted by molar-refractivity contribution is 7.25. The van der Waals surface area contributed by atoms with Crippen molar-refractivity contribution in [1.29, 1.82) is 0 Å². The minimum Gasteiger partial charge on any atom is -0.456 e. The van der Waals surface area contributed by atoms with Gasteiger partial charge in [-0.3, -0.25) is 0 Å². The van der Waals surface area contributed by atoms with E-state index in [1.54, 1.807) is 0 Å². The van der Waals surface area contributed by atoms with Crippen LogP contribution in [0.2, 0.25) is 0 Å². The first-order valence-electron chi connectivity index (χ1n) is 21.8. The Bertz CT molecular complexity index is 3920. The van der Waals surface area contributed by atoms with Gasteiger partial charge in [0, 0.05) is 75.0 Å². The highest BCUT2D eigenvalue weighted by Crippen LogP contribution is 2.46. The molecule has 4 heterocycles. The lowest BCUT2D eigenvalue weighted by Gasteiger charge is -2.15. The van der Waals surface area contributed by atoms with E-state index in [9.17, 15) is 0 Å². The predicted octanol–water partition coefficient (Wildman–Crippen LogP) is 16.5. The third-order valence-corrected chi connectivity index (χ3v) is 13.2. The molecule has 13 rings (SSSR count). The first-order chi connectivity index (χ1) is 31.6. The van der Waals surface area contributed by atoms with Gasteiger partial charge >= 0.3 is 0 Å². The average molecular weight is 841 g/mol. The summed E-state index contributed by atoms with van der Waals surface area (Å²) in [5.74, 6) is 1.78. The topological polar surface area (TPSA) is 56.7 Å². The van der Waals surface area contributed by atoms with Crippen molar-refractivity contribution < 1.29 is 4.42 Å². The molecule has 0 fully saturated rings. The molecule has 4 aromatic heterocycles. The molecule has 13 aromatic rings. The number of fused-ring (bicyclic) bond motifs is 11. The fourth-order valence-corrected chi connectivity index (χ4v) is 10.4. The number of furan rings is 1. The average Bonchev–Trinajstić information content (AvgIpc) is 4.04. The number of benzene rings is 9. The van der Waals surface area contributed by atoms with Gasteiger partial charge in [-0.2, -0.15) is 0 Å². The van der Waals surface area contributed by atoms with Crippen molar-refractivity contribution in [2.24, 2.45) is 0 Å². The number of nitrogens with zero attached hydrogens (tertiary/aromatic N) is 4. The van der Waals surface area contributed by atoms with Crippen LogP contribution in [0.15, 0.2) is 199 Å². The van der Waals surface area contributed by atoms with E-state index in [2.05, 4.69) is 158 Å². The van der Waals surface area contributed by atoms with Gasteiger partial charge in [-0.15, -0.1) is 11.3 Å². The fourth-order valence-electron chi connectivity index (χ4n) is 9.30. The van der Waals surface area contributed by atoms with Crippen molar-refractivity contribution in [3.63, 3.8) is 0 Å². The van der Waals surface area contributed by atoms with Crippen LogP contribution in [0.3, 0.4) is 0 Å². The second-order valence-electron chi connectivity index (χ2n) is 16.2. The highest BCUT2D eigenvalue weighted by Gasteiger charge is 2.22. The van der Waals surface area contributed by atoms with Crippen LogP contribution in [-0.4, -0.2) is 19.5 Å². The van der Waals surface area contributed by atoms with Gasteiger partial charge in [0.15, 0.2) is 17.5 Å². The lowest BCUT2D eigenvalue weighted by atomic mass is 9.97. The SMILES string of the molecule is CCC.c1ccc(-c2nc(-c3cccc(-n4c5c(-c6cccc7sc8ccccc8c67)cccc5c5ccc6ccccc6c54)c3)nc(-c3ccc4c(c3)oc3ccccc34)n2)cc1. The number of hydrogen-bond acceptors (Lipinski definition) is 5. The third kappa shape index (κ3) is 6.17. The summed E-state index contributed by atoms with van der Waals surface area (Å²) in [5, 5.41) is 9.52. The lowest BCUT2D eigenvalue weighted by Crippen LogP contribution is -2.01. The molecule has 64 heavy (non-hydrogen) atoms. The summed E-state index contributed by atoms with van der Waals surface area (Å²) in [6, 6.07) is 68.6. The molecule has 0 radical (unpaired) electrons. The summed E-state index contributed by atoms with van der Waals surface area (Å²) in [6.07, 6.45) is 1.25. The van der Waals surface area contributed by atoms with Gasteiger partial charge in [0.2, 0.25) is 0 Å². The van der Waals surface area contributed by atoms with E-state index in [-0.39, 0.29) is 0 Å². The largest absolute Gasteiger partial charge is 0.456 e. The Morgan fingerprint density at radius 3 is 1.84 bits per heavy atom. The number of hydrogen-bond donors (Lipinski definition) is 0. The van der Waals surface area contributed by atoms with Crippen molar-refractivity contribution in [3.8, 4) is 51.0 Å². The van der Waals surface area contributed by atoms with Gasteiger partial charge < -0.3 is 8.98 Å². The fraction of sp³-hybridized carbons (Fsp3) is 0.0517. The Kier molecular flexibility index (Phi) is 9.13. The maximum Gasteiger partial charge on any atom is 0.164 e. The number of thiophene rings is 1. The lowest BCUT2D eigenvalue weighted by molar-refractivity contribution is 0.669. The van der Waals surface area contributed by atoms with E-state index in [4.69, 9.17) is 19.4 Å². The molecule has 9 aromatic carbocycles. The van der Waals surface area contributed by atoms with Gasteiger partial charge in [-0.1, -0.05) is 172 Å². The number of para-hydroxylation sites is 2. The van der Waals surface area contributed by atoms with E-state index in [0.29, 0.717) is 17.5 Å². The first-order valence-corrected chi connectivity index (χ1v) is 22.7. The van der Waals surface area contributed by atoms with Crippen LogP contribution < -0.4 is 0 Å². The number of rotatable bonds is 5. The summed E-state index contributed by atoms with van der Waals surface area (Å²) >= 11 is 1.85.